The van der Waals surface area contributed by atoms with Gasteiger partial charge in [0.05, 0.1) is 0 Å². The predicted molar refractivity (Wildman–Crippen MR) is 103 cm³/mol. The summed E-state index contributed by atoms with van der Waals surface area (Å²) in [5.41, 5.74) is 8.15. The zero-order valence-electron chi connectivity index (χ0n) is 15.3. The minimum absolute atomic E-state index is 0.0105. The molecule has 0 amide bonds. The Morgan fingerprint density at radius 2 is 2.17 bits per heavy atom. The van der Waals surface area contributed by atoms with Crippen molar-refractivity contribution >= 4 is 11.9 Å². The molecule has 0 spiro atoms. The van der Waals surface area contributed by atoms with Crippen molar-refractivity contribution in [3.05, 3.63) is 41.1 Å². The quantitative estimate of drug-likeness (QED) is 0.526. The third kappa shape index (κ3) is 4.16. The summed E-state index contributed by atoms with van der Waals surface area (Å²) in [5.74, 6) is 0.576. The minimum atomic E-state index is 0.0105. The largest absolute Gasteiger partial charge is 0.388 e. The fraction of sp³-hybridized carbons (Fsp3) is 0.526. The maximum atomic E-state index is 7.92. The number of nitrogens with zero attached hydrogens (tertiary/aromatic N) is 1. The molecule has 132 valence electrons. The summed E-state index contributed by atoms with van der Waals surface area (Å²) < 4.78 is 0. The second-order valence-electron chi connectivity index (χ2n) is 6.39. The average molecular weight is 329 g/mol. The van der Waals surface area contributed by atoms with Crippen molar-refractivity contribution in [1.29, 1.82) is 5.41 Å². The molecule has 0 bridgehead atoms. The number of hydrazine groups is 1. The first-order valence-corrected chi connectivity index (χ1v) is 8.78. The van der Waals surface area contributed by atoms with Crippen molar-refractivity contribution in [3.63, 3.8) is 0 Å². The molecular weight excluding hydrogens is 298 g/mol. The van der Waals surface area contributed by atoms with E-state index in [9.17, 15) is 0 Å². The van der Waals surface area contributed by atoms with Gasteiger partial charge in [0.2, 0.25) is 0 Å². The van der Waals surface area contributed by atoms with Crippen LogP contribution in [0.4, 0.5) is 5.69 Å². The molecule has 0 aromatic heterocycles. The highest BCUT2D eigenvalue weighted by Gasteiger charge is 2.22. The van der Waals surface area contributed by atoms with Crippen LogP contribution in [0.3, 0.4) is 0 Å². The lowest BCUT2D eigenvalue weighted by Gasteiger charge is -2.21. The van der Waals surface area contributed by atoms with E-state index in [1.165, 1.54) is 16.7 Å². The van der Waals surface area contributed by atoms with E-state index in [1.54, 1.807) is 6.21 Å². The normalized spacial score (nSPS) is 16.7. The molecule has 1 heterocycles. The number of hydrogen-bond donors (Lipinski definition) is 4. The van der Waals surface area contributed by atoms with Crippen LogP contribution in [0.1, 0.15) is 42.7 Å². The number of rotatable bonds is 9. The van der Waals surface area contributed by atoms with Gasteiger partial charge >= 0.3 is 0 Å². The molecule has 0 saturated heterocycles. The van der Waals surface area contributed by atoms with Gasteiger partial charge in [-0.05, 0) is 55.1 Å². The lowest BCUT2D eigenvalue weighted by atomic mass is 9.87. The van der Waals surface area contributed by atoms with Crippen LogP contribution in [-0.4, -0.2) is 45.5 Å². The van der Waals surface area contributed by atoms with Crippen molar-refractivity contribution < 1.29 is 0 Å². The Balaban J connectivity index is 2.30. The van der Waals surface area contributed by atoms with Gasteiger partial charge in [-0.1, -0.05) is 19.1 Å². The van der Waals surface area contributed by atoms with Gasteiger partial charge in [-0.25, -0.2) is 5.43 Å². The van der Waals surface area contributed by atoms with Gasteiger partial charge in [-0.2, -0.15) is 0 Å². The van der Waals surface area contributed by atoms with E-state index in [1.807, 2.05) is 26.2 Å². The Hall–Kier alpha value is -1.85. The summed E-state index contributed by atoms with van der Waals surface area (Å²) in [7, 11) is 5.96. The lowest BCUT2D eigenvalue weighted by molar-refractivity contribution is 0.373. The highest BCUT2D eigenvalue weighted by molar-refractivity contribution is 5.75. The Bertz CT molecular complexity index is 581. The van der Waals surface area contributed by atoms with E-state index in [-0.39, 0.29) is 5.92 Å². The molecule has 1 aromatic rings. The molecule has 1 aliphatic heterocycles. The molecule has 2 unspecified atom stereocenters. The highest BCUT2D eigenvalue weighted by atomic mass is 15.5. The summed E-state index contributed by atoms with van der Waals surface area (Å²) in [5, 5.41) is 16.5. The molecule has 0 fully saturated rings. The van der Waals surface area contributed by atoms with Gasteiger partial charge in [-0.15, -0.1) is 0 Å². The van der Waals surface area contributed by atoms with E-state index in [2.05, 4.69) is 47.4 Å². The first kappa shape index (κ1) is 18.5. The molecule has 0 saturated carbocycles. The maximum Gasteiger partial charge on any atom is 0.0447 e. The molecule has 4 N–H and O–H groups in total. The van der Waals surface area contributed by atoms with E-state index in [0.29, 0.717) is 5.92 Å². The van der Waals surface area contributed by atoms with Gasteiger partial charge in [0.1, 0.15) is 0 Å². The number of hydrogen-bond acceptors (Lipinski definition) is 5. The average Bonchev–Trinajstić information content (AvgIpc) is 3.03. The maximum absolute atomic E-state index is 7.92. The van der Waals surface area contributed by atoms with Crippen LogP contribution in [0.2, 0.25) is 0 Å². The summed E-state index contributed by atoms with van der Waals surface area (Å²) in [6.45, 7) is 4.07. The van der Waals surface area contributed by atoms with Crippen LogP contribution < -0.4 is 16.1 Å². The topological polar surface area (TPSA) is 63.2 Å². The van der Waals surface area contributed by atoms with Crippen LogP contribution in [0.15, 0.2) is 30.0 Å². The fourth-order valence-corrected chi connectivity index (χ4v) is 3.38. The molecular formula is C19H31N5. The first-order valence-electron chi connectivity index (χ1n) is 8.78. The second-order valence-corrected chi connectivity index (χ2v) is 6.39. The Kier molecular flexibility index (Phi) is 6.82. The van der Waals surface area contributed by atoms with Crippen LogP contribution in [0, 0.1) is 5.41 Å². The predicted octanol–water partition coefficient (Wildman–Crippen LogP) is 2.90. The Morgan fingerprint density at radius 1 is 1.38 bits per heavy atom. The molecule has 5 nitrogen and oxygen atoms in total. The molecule has 0 radical (unpaired) electrons. The van der Waals surface area contributed by atoms with Crippen molar-refractivity contribution in [1.82, 2.24) is 15.8 Å². The smallest absolute Gasteiger partial charge is 0.0447 e. The molecule has 2 rings (SSSR count). The van der Waals surface area contributed by atoms with E-state index >= 15 is 0 Å². The van der Waals surface area contributed by atoms with E-state index in [0.717, 1.165) is 31.6 Å². The Labute approximate surface area is 146 Å². The molecule has 1 aliphatic rings. The third-order valence-electron chi connectivity index (χ3n) is 4.85. The number of nitrogens with one attached hydrogen (secondary N) is 4. The third-order valence-corrected chi connectivity index (χ3v) is 4.85. The molecule has 24 heavy (non-hydrogen) atoms. The summed E-state index contributed by atoms with van der Waals surface area (Å²) >= 11 is 0. The zero-order chi connectivity index (χ0) is 17.5. The standard InChI is InChI=1S/C19H31N5/c1-5-14(8-9-21-2)15-6-7-17(19(10-15)22-3)18(11-20)16-12-23-24(4)13-16/h6-7,10-11,13-14,18,20-23H,5,8-9,12H2,1-4H3. The summed E-state index contributed by atoms with van der Waals surface area (Å²) in [4.78, 5) is 0. The van der Waals surface area contributed by atoms with E-state index < -0.39 is 0 Å². The van der Waals surface area contributed by atoms with Crippen LogP contribution >= 0.6 is 0 Å². The minimum Gasteiger partial charge on any atom is -0.388 e. The van der Waals surface area contributed by atoms with Gasteiger partial charge in [0, 0.05) is 44.7 Å². The zero-order valence-corrected chi connectivity index (χ0v) is 15.3. The first-order chi connectivity index (χ1) is 11.6. The van der Waals surface area contributed by atoms with Gasteiger partial charge in [-0.3, -0.25) is 0 Å². The molecule has 5 heteroatoms. The van der Waals surface area contributed by atoms with Crippen molar-refractivity contribution in [3.8, 4) is 0 Å². The van der Waals surface area contributed by atoms with Crippen molar-refractivity contribution in [2.24, 2.45) is 0 Å². The van der Waals surface area contributed by atoms with E-state index in [4.69, 9.17) is 5.41 Å². The molecule has 0 aliphatic carbocycles. The number of benzene rings is 1. The van der Waals surface area contributed by atoms with Gasteiger partial charge in [0.15, 0.2) is 0 Å². The van der Waals surface area contributed by atoms with Crippen molar-refractivity contribution in [2.75, 3.05) is 39.5 Å². The summed E-state index contributed by atoms with van der Waals surface area (Å²) in [6, 6.07) is 6.70. The van der Waals surface area contributed by atoms with Crippen LogP contribution in [0.5, 0.6) is 0 Å². The number of anilines is 1. The van der Waals surface area contributed by atoms with Gasteiger partial charge in [0.25, 0.3) is 0 Å². The van der Waals surface area contributed by atoms with Gasteiger partial charge < -0.3 is 21.1 Å². The molecule has 2 atom stereocenters. The SMILES string of the molecule is CCC(CCNC)c1ccc(C(C=N)C2=CN(C)NC2)c(NC)c1. The summed E-state index contributed by atoms with van der Waals surface area (Å²) in [6.07, 6.45) is 5.91. The Morgan fingerprint density at radius 3 is 2.71 bits per heavy atom. The molecule has 1 aromatic carbocycles. The lowest BCUT2D eigenvalue weighted by Crippen LogP contribution is -2.24. The van der Waals surface area contributed by atoms with Crippen molar-refractivity contribution in [2.45, 2.75) is 31.6 Å². The monoisotopic (exact) mass is 329 g/mol. The van der Waals surface area contributed by atoms with Crippen LogP contribution in [-0.2, 0) is 0 Å². The van der Waals surface area contributed by atoms with Crippen LogP contribution in [0.25, 0.3) is 0 Å². The highest BCUT2D eigenvalue weighted by Crippen LogP contribution is 2.34. The second kappa shape index (κ2) is 8.85. The fourth-order valence-electron chi connectivity index (χ4n) is 3.38.